The topological polar surface area (TPSA) is 29.5 Å². The summed E-state index contributed by atoms with van der Waals surface area (Å²) in [5.41, 5.74) is 3.67. The van der Waals surface area contributed by atoms with Crippen LogP contribution in [0.25, 0.3) is 11.6 Å². The molecule has 0 radical (unpaired) electrons. The highest BCUT2D eigenvalue weighted by Crippen LogP contribution is 2.38. The summed E-state index contributed by atoms with van der Waals surface area (Å²) in [6, 6.07) is 19.9. The maximum absolute atomic E-state index is 13.9. The first-order chi connectivity index (χ1) is 14.1. The Labute approximate surface area is 177 Å². The molecule has 0 fully saturated rings. The molecule has 3 aromatic carbocycles. The Balaban J connectivity index is 1.71. The summed E-state index contributed by atoms with van der Waals surface area (Å²) < 4.78 is 20.7. The minimum absolute atomic E-state index is 0.0336. The van der Waals surface area contributed by atoms with E-state index >= 15 is 0 Å². The number of fused-ring (bicyclic) bond motifs is 1. The third-order valence-electron chi connectivity index (χ3n) is 4.89. The van der Waals surface area contributed by atoms with Crippen molar-refractivity contribution in [2.45, 2.75) is 13.5 Å². The molecule has 0 unspecified atom stereocenters. The van der Waals surface area contributed by atoms with Crippen LogP contribution in [0.5, 0.6) is 5.75 Å². The fourth-order valence-corrected chi connectivity index (χ4v) is 3.83. The van der Waals surface area contributed by atoms with E-state index in [2.05, 4.69) is 15.9 Å². The molecule has 3 aromatic rings. The van der Waals surface area contributed by atoms with Gasteiger partial charge in [0.2, 0.25) is 0 Å². The van der Waals surface area contributed by atoms with Gasteiger partial charge in [0, 0.05) is 33.3 Å². The summed E-state index contributed by atoms with van der Waals surface area (Å²) in [5.74, 6) is 0.251. The van der Waals surface area contributed by atoms with Gasteiger partial charge >= 0.3 is 0 Å². The highest BCUT2D eigenvalue weighted by atomic mass is 79.9. The third-order valence-corrected chi connectivity index (χ3v) is 5.38. The molecule has 1 amide bonds. The van der Waals surface area contributed by atoms with Crippen LogP contribution in [-0.4, -0.2) is 12.5 Å². The van der Waals surface area contributed by atoms with Crippen LogP contribution in [0.3, 0.4) is 0 Å². The minimum atomic E-state index is -0.303. The Bertz CT molecular complexity index is 1110. The Morgan fingerprint density at radius 1 is 1.07 bits per heavy atom. The first-order valence-corrected chi connectivity index (χ1v) is 10.2. The Morgan fingerprint density at radius 3 is 2.62 bits per heavy atom. The van der Waals surface area contributed by atoms with Crippen LogP contribution in [0.2, 0.25) is 0 Å². The monoisotopic (exact) mass is 451 g/mol. The second-order valence-electron chi connectivity index (χ2n) is 6.69. The summed E-state index contributed by atoms with van der Waals surface area (Å²) in [7, 11) is 0. The average molecular weight is 452 g/mol. The van der Waals surface area contributed by atoms with Crippen molar-refractivity contribution in [3.63, 3.8) is 0 Å². The van der Waals surface area contributed by atoms with Gasteiger partial charge in [0.05, 0.1) is 5.69 Å². The molecule has 0 atom stereocenters. The predicted octanol–water partition coefficient (Wildman–Crippen LogP) is 6.07. The van der Waals surface area contributed by atoms with E-state index in [1.165, 1.54) is 6.07 Å². The van der Waals surface area contributed by atoms with Crippen molar-refractivity contribution < 1.29 is 13.9 Å². The van der Waals surface area contributed by atoms with Crippen LogP contribution in [-0.2, 0) is 11.4 Å². The molecule has 4 rings (SSSR count). The molecule has 0 aromatic heterocycles. The number of likely N-dealkylation sites (N-methyl/N-ethyl adjacent to an activating group) is 1. The van der Waals surface area contributed by atoms with Crippen molar-refractivity contribution in [3.8, 4) is 5.75 Å². The Morgan fingerprint density at radius 2 is 1.83 bits per heavy atom. The van der Waals surface area contributed by atoms with Gasteiger partial charge in [0.1, 0.15) is 18.2 Å². The highest BCUT2D eigenvalue weighted by Gasteiger charge is 2.31. The molecular weight excluding hydrogens is 433 g/mol. The Kier molecular flexibility index (Phi) is 5.49. The van der Waals surface area contributed by atoms with E-state index in [1.807, 2.05) is 55.5 Å². The molecule has 0 aliphatic carbocycles. The average Bonchev–Trinajstić information content (AvgIpc) is 2.99. The lowest BCUT2D eigenvalue weighted by molar-refractivity contribution is -0.112. The summed E-state index contributed by atoms with van der Waals surface area (Å²) in [6.07, 6.45) is 1.85. The van der Waals surface area contributed by atoms with E-state index in [9.17, 15) is 9.18 Å². The molecule has 0 saturated carbocycles. The number of ether oxygens (including phenoxy) is 1. The molecule has 146 valence electrons. The largest absolute Gasteiger partial charge is 0.488 e. The normalized spacial score (nSPS) is 14.4. The van der Waals surface area contributed by atoms with Crippen LogP contribution in [0.15, 0.2) is 71.2 Å². The van der Waals surface area contributed by atoms with Gasteiger partial charge in [-0.3, -0.25) is 4.79 Å². The van der Waals surface area contributed by atoms with Gasteiger partial charge in [-0.1, -0.05) is 52.3 Å². The first-order valence-electron chi connectivity index (χ1n) is 9.37. The molecule has 0 saturated heterocycles. The molecule has 29 heavy (non-hydrogen) atoms. The lowest BCUT2D eigenvalue weighted by Crippen LogP contribution is -2.25. The predicted molar refractivity (Wildman–Crippen MR) is 117 cm³/mol. The number of rotatable bonds is 5. The van der Waals surface area contributed by atoms with Crippen LogP contribution in [0.1, 0.15) is 23.6 Å². The maximum Gasteiger partial charge on any atom is 0.258 e. The molecule has 1 aliphatic rings. The number of para-hydroxylation sites is 1. The number of nitrogens with zero attached hydrogens (tertiary/aromatic N) is 1. The summed E-state index contributed by atoms with van der Waals surface area (Å²) >= 11 is 3.49. The van der Waals surface area contributed by atoms with Gasteiger partial charge < -0.3 is 9.64 Å². The number of hydrogen-bond donors (Lipinski definition) is 0. The zero-order valence-electron chi connectivity index (χ0n) is 15.9. The standard InChI is InChI=1S/C24H19BrFNO2/c1-2-27-22-10-6-4-8-19(22)20(24(27)28)14-17-13-18(25)11-12-23(17)29-15-16-7-3-5-9-21(16)26/h3-14H,2,15H2,1H3/b20-14-. The van der Waals surface area contributed by atoms with Crippen molar-refractivity contribution in [2.75, 3.05) is 11.4 Å². The van der Waals surface area contributed by atoms with Crippen LogP contribution >= 0.6 is 15.9 Å². The zero-order chi connectivity index (χ0) is 20.4. The Hall–Kier alpha value is -2.92. The van der Waals surface area contributed by atoms with E-state index in [0.29, 0.717) is 23.4 Å². The van der Waals surface area contributed by atoms with Crippen LogP contribution in [0, 0.1) is 5.82 Å². The molecule has 0 N–H and O–H groups in total. The summed E-state index contributed by atoms with van der Waals surface area (Å²) in [6.45, 7) is 2.66. The maximum atomic E-state index is 13.9. The number of amides is 1. The van der Waals surface area contributed by atoms with Gasteiger partial charge in [-0.2, -0.15) is 0 Å². The van der Waals surface area contributed by atoms with Crippen molar-refractivity contribution in [1.29, 1.82) is 0 Å². The lowest BCUT2D eigenvalue weighted by Gasteiger charge is -2.13. The number of anilines is 1. The van der Waals surface area contributed by atoms with Crippen LogP contribution < -0.4 is 9.64 Å². The van der Waals surface area contributed by atoms with Crippen molar-refractivity contribution >= 4 is 39.2 Å². The minimum Gasteiger partial charge on any atom is -0.488 e. The van der Waals surface area contributed by atoms with Gasteiger partial charge in [0.25, 0.3) is 5.91 Å². The third kappa shape index (κ3) is 3.83. The first kappa shape index (κ1) is 19.4. The van der Waals surface area contributed by atoms with Gasteiger partial charge in [-0.25, -0.2) is 4.39 Å². The molecule has 1 aliphatic heterocycles. The second-order valence-corrected chi connectivity index (χ2v) is 7.60. The lowest BCUT2D eigenvalue weighted by atomic mass is 10.0. The number of carbonyl (C=O) groups excluding carboxylic acids is 1. The fraction of sp³-hybridized carbons (Fsp3) is 0.125. The molecule has 0 bridgehead atoms. The second kappa shape index (κ2) is 8.21. The van der Waals surface area contributed by atoms with E-state index < -0.39 is 0 Å². The molecule has 1 heterocycles. The van der Waals surface area contributed by atoms with Gasteiger partial charge in [-0.05, 0) is 43.3 Å². The SMILES string of the molecule is CCN1C(=O)/C(=C\c2cc(Br)ccc2OCc2ccccc2F)c2ccccc21. The van der Waals surface area contributed by atoms with E-state index in [4.69, 9.17) is 4.74 Å². The van der Waals surface area contributed by atoms with Crippen molar-refractivity contribution in [1.82, 2.24) is 0 Å². The number of halogens is 2. The molecule has 5 heteroatoms. The van der Waals surface area contributed by atoms with E-state index in [-0.39, 0.29) is 18.3 Å². The molecule has 0 spiro atoms. The number of carbonyl (C=O) groups is 1. The highest BCUT2D eigenvalue weighted by molar-refractivity contribution is 9.10. The van der Waals surface area contributed by atoms with E-state index in [1.54, 1.807) is 23.1 Å². The summed E-state index contributed by atoms with van der Waals surface area (Å²) in [5, 5.41) is 0. The quantitative estimate of drug-likeness (QED) is 0.440. The van der Waals surface area contributed by atoms with E-state index in [0.717, 1.165) is 21.3 Å². The summed E-state index contributed by atoms with van der Waals surface area (Å²) in [4.78, 5) is 14.7. The van der Waals surface area contributed by atoms with Crippen LogP contribution in [0.4, 0.5) is 10.1 Å². The molecular formula is C24H19BrFNO2. The fourth-order valence-electron chi connectivity index (χ4n) is 3.45. The van der Waals surface area contributed by atoms with Gasteiger partial charge in [0.15, 0.2) is 0 Å². The number of hydrogen-bond acceptors (Lipinski definition) is 2. The zero-order valence-corrected chi connectivity index (χ0v) is 17.4. The van der Waals surface area contributed by atoms with Crippen molar-refractivity contribution in [3.05, 3.63) is 93.7 Å². The van der Waals surface area contributed by atoms with Crippen molar-refractivity contribution in [2.24, 2.45) is 0 Å². The molecule has 3 nitrogen and oxygen atoms in total. The van der Waals surface area contributed by atoms with Gasteiger partial charge in [-0.15, -0.1) is 0 Å². The smallest absolute Gasteiger partial charge is 0.258 e. The number of benzene rings is 3.